The normalized spacial score (nSPS) is 20.3. The Kier molecular flexibility index (Phi) is 6.23. The summed E-state index contributed by atoms with van der Waals surface area (Å²) in [6.07, 6.45) is 3.05. The highest BCUT2D eigenvalue weighted by molar-refractivity contribution is 5.78. The highest BCUT2D eigenvalue weighted by Crippen LogP contribution is 2.30. The van der Waals surface area contributed by atoms with Gasteiger partial charge in [0.15, 0.2) is 0 Å². The molecule has 1 aliphatic rings. The summed E-state index contributed by atoms with van der Waals surface area (Å²) >= 11 is 0. The van der Waals surface area contributed by atoms with Gasteiger partial charge < -0.3 is 15.2 Å². The quantitative estimate of drug-likeness (QED) is 0.628. The fourth-order valence-corrected chi connectivity index (χ4v) is 2.70. The van der Waals surface area contributed by atoms with Crippen LogP contribution in [0.3, 0.4) is 0 Å². The second-order valence-electron chi connectivity index (χ2n) is 5.68. The lowest BCUT2D eigenvalue weighted by Gasteiger charge is -2.35. The number of nitrogens with zero attached hydrogens (tertiary/aromatic N) is 1. The van der Waals surface area contributed by atoms with Gasteiger partial charge >= 0.3 is 5.97 Å². The third kappa shape index (κ3) is 4.75. The number of nitrogens with one attached hydrogen (secondary N) is 1. The Morgan fingerprint density at radius 3 is 2.63 bits per heavy atom. The lowest BCUT2D eigenvalue weighted by molar-refractivity contribution is -0.145. The Morgan fingerprint density at radius 2 is 2.21 bits per heavy atom. The van der Waals surface area contributed by atoms with Crippen molar-refractivity contribution in [2.45, 2.75) is 57.7 Å². The fourth-order valence-electron chi connectivity index (χ4n) is 2.70. The second-order valence-corrected chi connectivity index (χ2v) is 5.68. The van der Waals surface area contributed by atoms with E-state index < -0.39 is 11.5 Å². The molecule has 0 aliphatic heterocycles. The van der Waals surface area contributed by atoms with Gasteiger partial charge in [0, 0.05) is 25.7 Å². The van der Waals surface area contributed by atoms with Crippen molar-refractivity contribution in [1.29, 1.82) is 0 Å². The topological polar surface area (TPSA) is 61.8 Å². The average molecular weight is 272 g/mol. The van der Waals surface area contributed by atoms with E-state index in [0.29, 0.717) is 25.6 Å². The Balaban J connectivity index is 2.62. The van der Waals surface area contributed by atoms with Crippen molar-refractivity contribution < 1.29 is 14.6 Å². The summed E-state index contributed by atoms with van der Waals surface area (Å²) in [7, 11) is 1.70. The molecule has 1 saturated carbocycles. The molecule has 5 nitrogen and oxygen atoms in total. The molecule has 0 spiro atoms. The summed E-state index contributed by atoms with van der Waals surface area (Å²) in [5.41, 5.74) is -0.853. The van der Waals surface area contributed by atoms with Gasteiger partial charge in [-0.3, -0.25) is 9.69 Å². The number of rotatable bonds is 10. The van der Waals surface area contributed by atoms with E-state index in [-0.39, 0.29) is 6.04 Å². The molecule has 1 aliphatic carbocycles. The molecule has 2 N–H and O–H groups in total. The van der Waals surface area contributed by atoms with E-state index in [0.717, 1.165) is 6.54 Å². The van der Waals surface area contributed by atoms with Gasteiger partial charge in [-0.25, -0.2) is 0 Å². The average Bonchev–Trinajstić information content (AvgIpc) is 3.14. The number of carboxylic acids is 1. The van der Waals surface area contributed by atoms with Gasteiger partial charge in [-0.2, -0.15) is 0 Å². The van der Waals surface area contributed by atoms with Crippen LogP contribution in [-0.2, 0) is 9.53 Å². The van der Waals surface area contributed by atoms with Crippen LogP contribution in [0.15, 0.2) is 0 Å². The van der Waals surface area contributed by atoms with E-state index in [1.165, 1.54) is 12.8 Å². The molecular weight excluding hydrogens is 244 g/mol. The van der Waals surface area contributed by atoms with Crippen LogP contribution in [0.25, 0.3) is 0 Å². The molecule has 0 aromatic heterocycles. The molecule has 0 amide bonds. The zero-order chi connectivity index (χ0) is 14.5. The van der Waals surface area contributed by atoms with Gasteiger partial charge in [0.2, 0.25) is 0 Å². The van der Waals surface area contributed by atoms with Gasteiger partial charge in [-0.1, -0.05) is 6.92 Å². The third-order valence-electron chi connectivity index (χ3n) is 3.88. The summed E-state index contributed by atoms with van der Waals surface area (Å²) in [5, 5.41) is 12.5. The zero-order valence-corrected chi connectivity index (χ0v) is 12.6. The second kappa shape index (κ2) is 7.22. The molecule has 0 saturated heterocycles. The van der Waals surface area contributed by atoms with Crippen LogP contribution in [0, 0.1) is 0 Å². The van der Waals surface area contributed by atoms with Crippen LogP contribution < -0.4 is 5.32 Å². The number of hydrogen-bond acceptors (Lipinski definition) is 4. The maximum atomic E-state index is 11.5. The van der Waals surface area contributed by atoms with Gasteiger partial charge in [0.05, 0.1) is 6.61 Å². The minimum Gasteiger partial charge on any atom is -0.480 e. The molecule has 1 rings (SSSR count). The van der Waals surface area contributed by atoms with Gasteiger partial charge in [0.25, 0.3) is 0 Å². The Hall–Kier alpha value is -0.650. The predicted octanol–water partition coefficient (Wildman–Crippen LogP) is 1.33. The zero-order valence-electron chi connectivity index (χ0n) is 12.6. The molecule has 2 unspecified atom stereocenters. The third-order valence-corrected chi connectivity index (χ3v) is 3.88. The van der Waals surface area contributed by atoms with E-state index in [2.05, 4.69) is 17.1 Å². The summed E-state index contributed by atoms with van der Waals surface area (Å²) in [6.45, 7) is 8.08. The van der Waals surface area contributed by atoms with Crippen molar-refractivity contribution in [2.24, 2.45) is 0 Å². The number of carboxylic acid groups (broad SMARTS) is 1. The molecule has 5 heteroatoms. The Bertz CT molecular complexity index is 294. The van der Waals surface area contributed by atoms with Crippen LogP contribution in [0.5, 0.6) is 0 Å². The number of aliphatic carboxylic acids is 1. The monoisotopic (exact) mass is 272 g/mol. The summed E-state index contributed by atoms with van der Waals surface area (Å²) in [4.78, 5) is 13.9. The van der Waals surface area contributed by atoms with E-state index in [4.69, 9.17) is 4.74 Å². The van der Waals surface area contributed by atoms with E-state index in [1.807, 2.05) is 6.92 Å². The highest BCUT2D eigenvalue weighted by Gasteiger charge is 2.38. The largest absolute Gasteiger partial charge is 0.480 e. The van der Waals surface area contributed by atoms with E-state index >= 15 is 0 Å². The molecule has 0 aromatic carbocycles. The smallest absolute Gasteiger partial charge is 0.323 e. The van der Waals surface area contributed by atoms with Crippen molar-refractivity contribution in [2.75, 3.05) is 26.8 Å². The molecule has 0 heterocycles. The Morgan fingerprint density at radius 1 is 1.58 bits per heavy atom. The highest BCUT2D eigenvalue weighted by atomic mass is 16.5. The number of carbonyl (C=O) groups is 1. The van der Waals surface area contributed by atoms with Crippen molar-refractivity contribution in [1.82, 2.24) is 10.2 Å². The van der Waals surface area contributed by atoms with Crippen LogP contribution in [-0.4, -0.2) is 60.4 Å². The standard InChI is InChI=1S/C14H28N2O3/c1-5-15-14(3,13(17)18)10-11(2)16(8-9-19-4)12-6-7-12/h11-12,15H,5-10H2,1-4H3,(H,17,18). The summed E-state index contributed by atoms with van der Waals surface area (Å²) in [5.74, 6) is -0.774. The SMILES string of the molecule is CCNC(C)(CC(C)N(CCOC)C1CC1)C(=O)O. The number of ether oxygens (including phenoxy) is 1. The minimum absolute atomic E-state index is 0.239. The molecule has 2 atom stereocenters. The van der Waals surface area contributed by atoms with Crippen molar-refractivity contribution in [3.8, 4) is 0 Å². The lowest BCUT2D eigenvalue weighted by Crippen LogP contribution is -2.54. The van der Waals surface area contributed by atoms with Crippen molar-refractivity contribution in [3.63, 3.8) is 0 Å². The predicted molar refractivity (Wildman–Crippen MR) is 75.4 cm³/mol. The van der Waals surface area contributed by atoms with Crippen molar-refractivity contribution in [3.05, 3.63) is 0 Å². The first-order valence-corrected chi connectivity index (χ1v) is 7.17. The maximum absolute atomic E-state index is 11.5. The first-order valence-electron chi connectivity index (χ1n) is 7.17. The number of methoxy groups -OCH3 is 1. The number of likely N-dealkylation sites (N-methyl/N-ethyl adjacent to an activating group) is 1. The first-order chi connectivity index (χ1) is 8.94. The van der Waals surface area contributed by atoms with Crippen molar-refractivity contribution >= 4 is 5.97 Å². The summed E-state index contributed by atoms with van der Waals surface area (Å²) < 4.78 is 5.15. The first kappa shape index (κ1) is 16.4. The van der Waals surface area contributed by atoms with Crippen LogP contribution in [0.4, 0.5) is 0 Å². The molecular formula is C14H28N2O3. The van der Waals surface area contributed by atoms with Crippen LogP contribution in [0.2, 0.25) is 0 Å². The maximum Gasteiger partial charge on any atom is 0.323 e. The van der Waals surface area contributed by atoms with Crippen LogP contribution in [0.1, 0.15) is 40.0 Å². The summed E-state index contributed by atoms with van der Waals surface area (Å²) in [6, 6.07) is 0.854. The molecule has 0 radical (unpaired) electrons. The van der Waals surface area contributed by atoms with E-state index in [1.54, 1.807) is 14.0 Å². The van der Waals surface area contributed by atoms with Gasteiger partial charge in [-0.05, 0) is 39.7 Å². The van der Waals surface area contributed by atoms with Crippen LogP contribution >= 0.6 is 0 Å². The van der Waals surface area contributed by atoms with Gasteiger partial charge in [0.1, 0.15) is 5.54 Å². The molecule has 0 aromatic rings. The van der Waals surface area contributed by atoms with Gasteiger partial charge in [-0.15, -0.1) is 0 Å². The Labute approximate surface area is 116 Å². The molecule has 19 heavy (non-hydrogen) atoms. The molecule has 1 fully saturated rings. The van der Waals surface area contributed by atoms with E-state index in [9.17, 15) is 9.90 Å². The number of hydrogen-bond donors (Lipinski definition) is 2. The molecule has 0 bridgehead atoms. The lowest BCUT2D eigenvalue weighted by atomic mass is 9.92. The fraction of sp³-hybridized carbons (Fsp3) is 0.929. The minimum atomic E-state index is -0.853. The molecule has 112 valence electrons.